The molecular weight excluding hydrogens is 426 g/mol. The van der Waals surface area contributed by atoms with E-state index in [1.807, 2.05) is 48.2 Å². The van der Waals surface area contributed by atoms with E-state index < -0.39 is 6.04 Å². The molecule has 2 N–H and O–H groups in total. The Morgan fingerprint density at radius 3 is 2.18 bits per heavy atom. The maximum Gasteiger partial charge on any atom is 0.290 e. The van der Waals surface area contributed by atoms with Crippen LogP contribution in [0.5, 0.6) is 0 Å². The van der Waals surface area contributed by atoms with Gasteiger partial charge in [-0.15, -0.1) is 0 Å². The van der Waals surface area contributed by atoms with Crippen molar-refractivity contribution in [2.24, 2.45) is 5.73 Å². The van der Waals surface area contributed by atoms with Crippen molar-refractivity contribution in [2.75, 3.05) is 19.6 Å². The van der Waals surface area contributed by atoms with Gasteiger partial charge in [-0.2, -0.15) is 0 Å². The van der Waals surface area contributed by atoms with Crippen molar-refractivity contribution in [1.82, 2.24) is 9.80 Å². The number of amides is 2. The maximum absolute atomic E-state index is 13.7. The van der Waals surface area contributed by atoms with Crippen LogP contribution in [-0.4, -0.2) is 47.3 Å². The molecular formula is C28H31N3O3. The Bertz CT molecular complexity index is 1140. The predicted octanol–water partition coefficient (Wildman–Crippen LogP) is 4.31. The lowest BCUT2D eigenvalue weighted by Crippen LogP contribution is -2.47. The molecule has 6 heteroatoms. The van der Waals surface area contributed by atoms with Crippen LogP contribution in [-0.2, 0) is 4.79 Å². The van der Waals surface area contributed by atoms with Crippen molar-refractivity contribution >= 4 is 11.8 Å². The van der Waals surface area contributed by atoms with Gasteiger partial charge < -0.3 is 20.0 Å². The molecule has 3 heterocycles. The molecule has 2 aromatic carbocycles. The van der Waals surface area contributed by atoms with Gasteiger partial charge in [0.25, 0.3) is 5.91 Å². The highest BCUT2D eigenvalue weighted by Gasteiger charge is 2.44. The minimum absolute atomic E-state index is 0.0317. The topological polar surface area (TPSA) is 79.8 Å². The quantitative estimate of drug-likeness (QED) is 0.619. The molecule has 4 atom stereocenters. The van der Waals surface area contributed by atoms with Gasteiger partial charge in [-0.3, -0.25) is 9.59 Å². The molecule has 0 aliphatic carbocycles. The second-order valence-electron chi connectivity index (χ2n) is 9.49. The number of rotatable bonds is 5. The van der Waals surface area contributed by atoms with Gasteiger partial charge in [0.1, 0.15) is 11.8 Å². The summed E-state index contributed by atoms with van der Waals surface area (Å²) in [6.07, 6.45) is 1.55. The fraction of sp³-hybridized carbons (Fsp3) is 0.357. The van der Waals surface area contributed by atoms with Gasteiger partial charge in [0.2, 0.25) is 5.91 Å². The number of benzene rings is 2. The monoisotopic (exact) mass is 457 g/mol. The Morgan fingerprint density at radius 1 is 0.912 bits per heavy atom. The Balaban J connectivity index is 1.38. The molecule has 0 radical (unpaired) electrons. The molecule has 2 aliphatic heterocycles. The molecule has 1 unspecified atom stereocenters. The van der Waals surface area contributed by atoms with Gasteiger partial charge in [0, 0.05) is 31.5 Å². The Labute approximate surface area is 200 Å². The zero-order chi connectivity index (χ0) is 23.7. The number of carbonyl (C=O) groups is 2. The molecule has 2 saturated heterocycles. The third-order valence-electron chi connectivity index (χ3n) is 7.18. The first-order valence-corrected chi connectivity index (χ1v) is 12.1. The van der Waals surface area contributed by atoms with Crippen molar-refractivity contribution in [3.05, 3.63) is 95.4 Å². The van der Waals surface area contributed by atoms with E-state index in [0.29, 0.717) is 37.7 Å². The summed E-state index contributed by atoms with van der Waals surface area (Å²) in [4.78, 5) is 30.9. The minimum Gasteiger partial charge on any atom is -0.454 e. The second-order valence-corrected chi connectivity index (χ2v) is 9.49. The van der Waals surface area contributed by atoms with E-state index in [0.717, 1.165) is 12.0 Å². The van der Waals surface area contributed by atoms with E-state index >= 15 is 0 Å². The van der Waals surface area contributed by atoms with E-state index in [2.05, 4.69) is 24.3 Å². The largest absolute Gasteiger partial charge is 0.454 e. The van der Waals surface area contributed by atoms with Crippen LogP contribution in [0, 0.1) is 0 Å². The van der Waals surface area contributed by atoms with Crippen molar-refractivity contribution in [1.29, 1.82) is 0 Å². The Morgan fingerprint density at radius 2 is 1.56 bits per heavy atom. The third kappa shape index (κ3) is 4.38. The van der Waals surface area contributed by atoms with E-state index in [4.69, 9.17) is 10.2 Å². The molecule has 0 bridgehead atoms. The zero-order valence-electron chi connectivity index (χ0n) is 19.5. The number of carbonyl (C=O) groups excluding carboxylic acids is 2. The zero-order valence-corrected chi connectivity index (χ0v) is 19.5. The van der Waals surface area contributed by atoms with Crippen molar-refractivity contribution in [3.8, 4) is 0 Å². The van der Waals surface area contributed by atoms with Crippen molar-refractivity contribution in [2.45, 2.75) is 43.7 Å². The Kier molecular flexibility index (Phi) is 6.24. The van der Waals surface area contributed by atoms with Crippen molar-refractivity contribution in [3.63, 3.8) is 0 Å². The first kappa shape index (κ1) is 22.4. The van der Waals surface area contributed by atoms with Crippen LogP contribution in [0.15, 0.2) is 77.2 Å². The molecule has 0 saturated carbocycles. The van der Waals surface area contributed by atoms with E-state index in [9.17, 15) is 9.59 Å². The summed E-state index contributed by atoms with van der Waals surface area (Å²) in [7, 11) is 0. The number of hydrogen-bond acceptors (Lipinski definition) is 4. The molecule has 34 heavy (non-hydrogen) atoms. The molecule has 1 aromatic heterocycles. The molecule has 176 valence electrons. The highest BCUT2D eigenvalue weighted by Crippen LogP contribution is 2.36. The molecule has 0 spiro atoms. The molecule has 2 aliphatic rings. The van der Waals surface area contributed by atoms with Gasteiger partial charge in [-0.05, 0) is 43.0 Å². The molecule has 6 nitrogen and oxygen atoms in total. The van der Waals surface area contributed by atoms with Crippen LogP contribution in [0.1, 0.15) is 65.1 Å². The summed E-state index contributed by atoms with van der Waals surface area (Å²) in [5, 5.41) is 0. The maximum atomic E-state index is 13.7. The van der Waals surface area contributed by atoms with Crippen LogP contribution in [0.4, 0.5) is 0 Å². The van der Waals surface area contributed by atoms with Gasteiger partial charge in [-0.25, -0.2) is 0 Å². The molecule has 2 amide bonds. The van der Waals surface area contributed by atoms with Crippen LogP contribution >= 0.6 is 0 Å². The number of furan rings is 1. The number of nitrogens with zero attached hydrogens (tertiary/aromatic N) is 2. The van der Waals surface area contributed by atoms with Gasteiger partial charge in [-0.1, -0.05) is 60.7 Å². The lowest BCUT2D eigenvalue weighted by molar-refractivity contribution is -0.134. The summed E-state index contributed by atoms with van der Waals surface area (Å²) in [6.45, 7) is 3.70. The lowest BCUT2D eigenvalue weighted by atomic mass is 9.96. The minimum atomic E-state index is -0.504. The summed E-state index contributed by atoms with van der Waals surface area (Å²) in [6, 6.07) is 23.1. The average Bonchev–Trinajstić information content (AvgIpc) is 3.64. The van der Waals surface area contributed by atoms with E-state index in [1.54, 1.807) is 17.0 Å². The van der Waals surface area contributed by atoms with E-state index in [-0.39, 0.29) is 29.5 Å². The summed E-state index contributed by atoms with van der Waals surface area (Å²) < 4.78 is 5.75. The first-order valence-electron chi connectivity index (χ1n) is 12.1. The van der Waals surface area contributed by atoms with Crippen LogP contribution in [0.25, 0.3) is 0 Å². The van der Waals surface area contributed by atoms with Crippen LogP contribution < -0.4 is 5.73 Å². The fourth-order valence-electron chi connectivity index (χ4n) is 5.28. The number of hydrogen-bond donors (Lipinski definition) is 1. The lowest BCUT2D eigenvalue weighted by Gasteiger charge is -2.27. The first-order chi connectivity index (χ1) is 16.5. The predicted molar refractivity (Wildman–Crippen MR) is 130 cm³/mol. The average molecular weight is 458 g/mol. The van der Waals surface area contributed by atoms with Crippen LogP contribution in [0.2, 0.25) is 0 Å². The number of nitrogens with two attached hydrogens (primary N) is 1. The molecule has 2 fully saturated rings. The fourth-order valence-corrected chi connectivity index (χ4v) is 5.28. The smallest absolute Gasteiger partial charge is 0.290 e. The van der Waals surface area contributed by atoms with Crippen molar-refractivity contribution < 1.29 is 14.0 Å². The standard InChI is InChI=1S/C28H31N3O3/c1-19(29)25-12-13-26(34-25)28(33)31-18-23(21-10-6-3-7-11-21)16-24(31)27(32)30-15-14-22(17-30)20-8-4-2-5-9-20/h2-13,19,22-24H,14-18,29H2,1H3/t19-,22?,23-,24-/m0/s1. The molecule has 5 rings (SSSR count). The van der Waals surface area contributed by atoms with Gasteiger partial charge in [0.05, 0.1) is 6.04 Å². The third-order valence-corrected chi connectivity index (χ3v) is 7.18. The summed E-state index contributed by atoms with van der Waals surface area (Å²) in [5.41, 5.74) is 8.33. The summed E-state index contributed by atoms with van der Waals surface area (Å²) in [5.74, 6) is 1.03. The highest BCUT2D eigenvalue weighted by molar-refractivity contribution is 5.96. The molecule has 3 aromatic rings. The van der Waals surface area contributed by atoms with Gasteiger partial charge >= 0.3 is 0 Å². The second kappa shape index (κ2) is 9.47. The van der Waals surface area contributed by atoms with Gasteiger partial charge in [0.15, 0.2) is 5.76 Å². The number of likely N-dealkylation sites (tertiary alicyclic amines) is 2. The van der Waals surface area contributed by atoms with E-state index in [1.165, 1.54) is 5.56 Å². The SMILES string of the molecule is C[C@H](N)c1ccc(C(=O)N2C[C@@H](c3ccccc3)C[C@H]2C(=O)N2CCC(c3ccccc3)C2)o1. The normalized spacial score (nSPS) is 23.3. The highest BCUT2D eigenvalue weighted by atomic mass is 16.4. The van der Waals surface area contributed by atoms with Crippen LogP contribution in [0.3, 0.4) is 0 Å². The Hall–Kier alpha value is -3.38. The summed E-state index contributed by atoms with van der Waals surface area (Å²) >= 11 is 0.